The molecule has 0 N–H and O–H groups in total. The second kappa shape index (κ2) is 5.19. The minimum absolute atomic E-state index is 0.178. The highest BCUT2D eigenvalue weighted by atomic mass is 17.3. The van der Waals surface area contributed by atoms with Crippen molar-refractivity contribution in [1.82, 2.24) is 0 Å². The Morgan fingerprint density at radius 3 is 2.65 bits per heavy atom. The van der Waals surface area contributed by atoms with Gasteiger partial charge < -0.3 is 18.9 Å². The molecule has 8 nitrogen and oxygen atoms in total. The first-order valence-corrected chi connectivity index (χ1v) is 5.14. The molecule has 3 unspecified atom stereocenters. The Kier molecular flexibility index (Phi) is 3.64. The molecule has 2 heterocycles. The van der Waals surface area contributed by atoms with Gasteiger partial charge in [-0.1, -0.05) is 6.92 Å². The van der Waals surface area contributed by atoms with E-state index in [-0.39, 0.29) is 19.1 Å². The van der Waals surface area contributed by atoms with Crippen LogP contribution in [0.25, 0.3) is 0 Å². The van der Waals surface area contributed by atoms with Crippen molar-refractivity contribution in [1.29, 1.82) is 0 Å². The SMILES string of the molecule is CC1COC(=O)OC1OOC1CCOC(=O)O1. The van der Waals surface area contributed by atoms with E-state index in [9.17, 15) is 9.59 Å². The number of ether oxygens (including phenoxy) is 4. The van der Waals surface area contributed by atoms with Crippen molar-refractivity contribution in [3.63, 3.8) is 0 Å². The van der Waals surface area contributed by atoms with Crippen molar-refractivity contribution < 1.29 is 38.3 Å². The van der Waals surface area contributed by atoms with Gasteiger partial charge in [0, 0.05) is 6.42 Å². The summed E-state index contributed by atoms with van der Waals surface area (Å²) in [6.07, 6.45) is -3.03. The van der Waals surface area contributed by atoms with Gasteiger partial charge in [0.05, 0.1) is 5.92 Å². The van der Waals surface area contributed by atoms with Gasteiger partial charge in [0.1, 0.15) is 13.2 Å². The maximum Gasteiger partial charge on any atom is 0.510 e. The van der Waals surface area contributed by atoms with Crippen molar-refractivity contribution in [3.05, 3.63) is 0 Å². The van der Waals surface area contributed by atoms with Gasteiger partial charge >= 0.3 is 12.3 Å². The van der Waals surface area contributed by atoms with Crippen molar-refractivity contribution >= 4 is 12.3 Å². The molecular weight excluding hydrogens is 236 g/mol. The van der Waals surface area contributed by atoms with Gasteiger partial charge in [-0.25, -0.2) is 9.59 Å². The molecule has 2 rings (SSSR count). The Hall–Kier alpha value is -1.54. The second-order valence-corrected chi connectivity index (χ2v) is 3.65. The lowest BCUT2D eigenvalue weighted by Crippen LogP contribution is -2.39. The Morgan fingerprint density at radius 2 is 1.88 bits per heavy atom. The van der Waals surface area contributed by atoms with Crippen LogP contribution in [0.1, 0.15) is 13.3 Å². The fourth-order valence-electron chi connectivity index (χ4n) is 1.26. The standard InChI is InChI=1S/C9H12O8/c1-5-4-13-9(11)15-7(5)17-16-6-2-3-12-8(10)14-6/h5-7H,2-4H2,1H3. The van der Waals surface area contributed by atoms with Crippen LogP contribution in [0.3, 0.4) is 0 Å². The predicted molar refractivity (Wildman–Crippen MR) is 48.4 cm³/mol. The molecule has 2 aliphatic heterocycles. The third kappa shape index (κ3) is 3.21. The number of carbonyl (C=O) groups is 2. The summed E-state index contributed by atoms with van der Waals surface area (Å²) >= 11 is 0. The van der Waals surface area contributed by atoms with Crippen molar-refractivity contribution in [2.45, 2.75) is 25.9 Å². The average Bonchev–Trinajstić information content (AvgIpc) is 2.30. The van der Waals surface area contributed by atoms with Crippen molar-refractivity contribution in [2.75, 3.05) is 13.2 Å². The van der Waals surface area contributed by atoms with Crippen LogP contribution < -0.4 is 0 Å². The fourth-order valence-corrected chi connectivity index (χ4v) is 1.26. The van der Waals surface area contributed by atoms with E-state index in [2.05, 4.69) is 14.2 Å². The topological polar surface area (TPSA) is 89.5 Å². The lowest BCUT2D eigenvalue weighted by molar-refractivity contribution is -0.439. The minimum atomic E-state index is -0.877. The van der Waals surface area contributed by atoms with Gasteiger partial charge in [-0.05, 0) is 0 Å². The maximum absolute atomic E-state index is 10.8. The number of cyclic esters (lactones) is 4. The van der Waals surface area contributed by atoms with Crippen LogP contribution in [-0.4, -0.2) is 38.1 Å². The molecule has 0 radical (unpaired) electrons. The Balaban J connectivity index is 1.76. The summed E-state index contributed by atoms with van der Waals surface area (Å²) < 4.78 is 18.6. The molecule has 8 heteroatoms. The van der Waals surface area contributed by atoms with Gasteiger partial charge in [0.25, 0.3) is 0 Å². The fraction of sp³-hybridized carbons (Fsp3) is 0.778. The highest BCUT2D eigenvalue weighted by molar-refractivity contribution is 5.60. The van der Waals surface area contributed by atoms with Gasteiger partial charge in [-0.3, -0.25) is 0 Å². The molecule has 2 saturated heterocycles. The molecule has 0 amide bonds. The quantitative estimate of drug-likeness (QED) is 0.414. The van der Waals surface area contributed by atoms with E-state index in [1.165, 1.54) is 0 Å². The largest absolute Gasteiger partial charge is 0.510 e. The first kappa shape index (κ1) is 11.9. The van der Waals surface area contributed by atoms with E-state index in [0.717, 1.165) is 0 Å². The molecule has 0 aromatic carbocycles. The van der Waals surface area contributed by atoms with E-state index in [4.69, 9.17) is 14.5 Å². The van der Waals surface area contributed by atoms with E-state index < -0.39 is 24.9 Å². The molecule has 2 fully saturated rings. The predicted octanol–water partition coefficient (Wildman–Crippen LogP) is 0.947. The molecule has 0 aliphatic carbocycles. The molecule has 0 aromatic rings. The van der Waals surface area contributed by atoms with Gasteiger partial charge in [-0.15, -0.1) is 0 Å². The van der Waals surface area contributed by atoms with E-state index in [1.807, 2.05) is 0 Å². The maximum atomic E-state index is 10.8. The van der Waals surface area contributed by atoms with Gasteiger partial charge in [-0.2, -0.15) is 9.78 Å². The molecular formula is C9H12O8. The summed E-state index contributed by atoms with van der Waals surface area (Å²) in [6.45, 7) is 2.13. The highest BCUT2D eigenvalue weighted by Gasteiger charge is 2.32. The number of carbonyl (C=O) groups excluding carboxylic acids is 2. The summed E-state index contributed by atoms with van der Waals surface area (Å²) in [7, 11) is 0. The molecule has 96 valence electrons. The summed E-state index contributed by atoms with van der Waals surface area (Å²) in [6, 6.07) is 0. The molecule has 0 bridgehead atoms. The first-order valence-electron chi connectivity index (χ1n) is 5.14. The van der Waals surface area contributed by atoms with E-state index in [0.29, 0.717) is 6.42 Å². The second-order valence-electron chi connectivity index (χ2n) is 3.65. The molecule has 3 atom stereocenters. The summed E-state index contributed by atoms with van der Waals surface area (Å²) in [4.78, 5) is 31.3. The minimum Gasteiger partial charge on any atom is -0.434 e. The summed E-state index contributed by atoms with van der Waals surface area (Å²) in [5.74, 6) is -0.178. The Labute approximate surface area is 96.6 Å². The van der Waals surface area contributed by atoms with Crippen LogP contribution in [0.5, 0.6) is 0 Å². The molecule has 0 aromatic heterocycles. The van der Waals surface area contributed by atoms with E-state index >= 15 is 0 Å². The van der Waals surface area contributed by atoms with Crippen LogP contribution in [0, 0.1) is 5.92 Å². The monoisotopic (exact) mass is 248 g/mol. The normalized spacial score (nSPS) is 33.1. The molecule has 17 heavy (non-hydrogen) atoms. The molecule has 2 aliphatic rings. The molecule has 0 spiro atoms. The van der Waals surface area contributed by atoms with Crippen molar-refractivity contribution in [3.8, 4) is 0 Å². The summed E-state index contributed by atoms with van der Waals surface area (Å²) in [5.41, 5.74) is 0. The number of hydrogen-bond donors (Lipinski definition) is 0. The van der Waals surface area contributed by atoms with Crippen LogP contribution in [0.2, 0.25) is 0 Å². The molecule has 0 saturated carbocycles. The lowest BCUT2D eigenvalue weighted by Gasteiger charge is -2.28. The zero-order valence-electron chi connectivity index (χ0n) is 9.12. The van der Waals surface area contributed by atoms with Crippen LogP contribution in [-0.2, 0) is 28.7 Å². The highest BCUT2D eigenvalue weighted by Crippen LogP contribution is 2.19. The third-order valence-electron chi connectivity index (χ3n) is 2.20. The lowest BCUT2D eigenvalue weighted by atomic mass is 10.2. The third-order valence-corrected chi connectivity index (χ3v) is 2.20. The number of hydrogen-bond acceptors (Lipinski definition) is 8. The first-order chi connectivity index (χ1) is 8.15. The van der Waals surface area contributed by atoms with Crippen LogP contribution in [0.15, 0.2) is 0 Å². The summed E-state index contributed by atoms with van der Waals surface area (Å²) in [5, 5.41) is 0. The van der Waals surface area contributed by atoms with Crippen molar-refractivity contribution in [2.24, 2.45) is 5.92 Å². The number of rotatable bonds is 3. The van der Waals surface area contributed by atoms with Crippen LogP contribution in [0.4, 0.5) is 9.59 Å². The Bertz CT molecular complexity index is 303. The zero-order chi connectivity index (χ0) is 12.3. The zero-order valence-corrected chi connectivity index (χ0v) is 9.12. The average molecular weight is 248 g/mol. The Morgan fingerprint density at radius 1 is 1.12 bits per heavy atom. The van der Waals surface area contributed by atoms with Gasteiger partial charge in [0.2, 0.25) is 12.6 Å². The van der Waals surface area contributed by atoms with Gasteiger partial charge in [0.15, 0.2) is 0 Å². The van der Waals surface area contributed by atoms with Crippen LogP contribution >= 0.6 is 0 Å². The van der Waals surface area contributed by atoms with E-state index in [1.54, 1.807) is 6.92 Å². The smallest absolute Gasteiger partial charge is 0.434 e.